The fourth-order valence-corrected chi connectivity index (χ4v) is 3.26. The van der Waals surface area contributed by atoms with Gasteiger partial charge in [0, 0.05) is 6.54 Å². The minimum Gasteiger partial charge on any atom is -0.478 e. The number of nitrogen functional groups attached to an aromatic ring is 2. The van der Waals surface area contributed by atoms with Gasteiger partial charge in [0.05, 0.1) is 5.56 Å². The van der Waals surface area contributed by atoms with Crippen LogP contribution in [0.4, 0.5) is 11.6 Å². The molecule has 34 heavy (non-hydrogen) atoms. The molecular formula is C23H24ClN7O3. The first-order valence-corrected chi connectivity index (χ1v) is 10.7. The maximum Gasteiger partial charge on any atom is 0.335 e. The number of anilines is 2. The number of nitrogens with two attached hydrogens (primary N) is 3. The van der Waals surface area contributed by atoms with Gasteiger partial charge < -0.3 is 22.3 Å². The lowest BCUT2D eigenvalue weighted by molar-refractivity contribution is 0.0696. The average Bonchev–Trinajstić information content (AvgIpc) is 2.81. The number of amides is 1. The fraction of sp³-hybridized carbons (Fsp3) is 0.174. The molecular weight excluding hydrogens is 458 g/mol. The Morgan fingerprint density at radius 3 is 2.18 bits per heavy atom. The third-order valence-corrected chi connectivity index (χ3v) is 5.21. The van der Waals surface area contributed by atoms with Crippen molar-refractivity contribution in [3.8, 4) is 11.1 Å². The number of nitrogens with zero attached hydrogens (tertiary/aromatic N) is 3. The van der Waals surface area contributed by atoms with Crippen LogP contribution in [-0.4, -0.2) is 39.5 Å². The number of carbonyl (C=O) groups excluding carboxylic acids is 1. The van der Waals surface area contributed by atoms with Gasteiger partial charge in [0.15, 0.2) is 28.4 Å². The van der Waals surface area contributed by atoms with Crippen LogP contribution in [-0.2, 0) is 6.42 Å². The van der Waals surface area contributed by atoms with Crippen LogP contribution in [0.15, 0.2) is 53.5 Å². The lowest BCUT2D eigenvalue weighted by atomic mass is 10.0. The van der Waals surface area contributed by atoms with Gasteiger partial charge in [-0.05, 0) is 48.1 Å². The number of carbonyl (C=O) groups is 2. The van der Waals surface area contributed by atoms with E-state index in [0.717, 1.165) is 30.4 Å². The molecule has 1 amide bonds. The summed E-state index contributed by atoms with van der Waals surface area (Å²) in [6.45, 7) is 0.434. The third kappa shape index (κ3) is 6.42. The first-order chi connectivity index (χ1) is 16.2. The molecule has 0 fully saturated rings. The number of halogens is 1. The van der Waals surface area contributed by atoms with Crippen molar-refractivity contribution in [2.75, 3.05) is 18.0 Å². The van der Waals surface area contributed by atoms with Crippen LogP contribution in [0.25, 0.3) is 11.1 Å². The topological polar surface area (TPSA) is 183 Å². The van der Waals surface area contributed by atoms with E-state index in [1.165, 1.54) is 5.56 Å². The van der Waals surface area contributed by atoms with Gasteiger partial charge in [-0.25, -0.2) is 14.8 Å². The standard InChI is InChI=1S/C23H24ClN7O3/c24-18-20(26)30-19(25)17(29-18)21(32)31-23(27)28-12-2-1-3-13-4-6-14(7-5-13)15-8-10-16(11-9-15)22(33)34/h4-11H,1-3,12H2,(H,33,34)(H4,25,26,30)(H3,27,28,31,32). The van der Waals surface area contributed by atoms with Gasteiger partial charge in [-0.3, -0.25) is 15.1 Å². The van der Waals surface area contributed by atoms with Crippen LogP contribution in [0.5, 0.6) is 0 Å². The summed E-state index contributed by atoms with van der Waals surface area (Å²) in [7, 11) is 0. The number of carboxylic acids is 1. The largest absolute Gasteiger partial charge is 0.478 e. The SMILES string of the molecule is NC(=NCCCCc1ccc(-c2ccc(C(=O)O)cc2)cc1)NC(=O)c1nc(Cl)c(N)nc1N. The maximum atomic E-state index is 12.2. The van der Waals surface area contributed by atoms with Gasteiger partial charge in [-0.2, -0.15) is 0 Å². The van der Waals surface area contributed by atoms with E-state index < -0.39 is 11.9 Å². The molecule has 0 aliphatic carbocycles. The van der Waals surface area contributed by atoms with Crippen molar-refractivity contribution in [1.82, 2.24) is 15.3 Å². The molecule has 0 atom stereocenters. The Balaban J connectivity index is 1.44. The molecule has 0 bridgehead atoms. The number of aromatic carboxylic acids is 1. The van der Waals surface area contributed by atoms with Crippen LogP contribution in [0, 0.1) is 0 Å². The highest BCUT2D eigenvalue weighted by Crippen LogP contribution is 2.21. The molecule has 0 radical (unpaired) electrons. The number of rotatable bonds is 8. The Bertz CT molecular complexity index is 1210. The van der Waals surface area contributed by atoms with Crippen molar-refractivity contribution in [3.63, 3.8) is 0 Å². The van der Waals surface area contributed by atoms with E-state index in [0.29, 0.717) is 6.54 Å². The van der Waals surface area contributed by atoms with Gasteiger partial charge in [0.1, 0.15) is 0 Å². The zero-order chi connectivity index (χ0) is 24.7. The number of benzene rings is 2. The summed E-state index contributed by atoms with van der Waals surface area (Å²) in [5, 5.41) is 11.3. The summed E-state index contributed by atoms with van der Waals surface area (Å²) in [5.74, 6) is -1.90. The number of carboxylic acid groups (broad SMARTS) is 1. The van der Waals surface area contributed by atoms with E-state index in [1.54, 1.807) is 24.3 Å². The molecule has 176 valence electrons. The van der Waals surface area contributed by atoms with Crippen molar-refractivity contribution >= 4 is 41.1 Å². The molecule has 0 aliphatic heterocycles. The van der Waals surface area contributed by atoms with Crippen molar-refractivity contribution < 1.29 is 14.7 Å². The van der Waals surface area contributed by atoms with E-state index in [-0.39, 0.29) is 34.0 Å². The molecule has 3 aromatic rings. The Morgan fingerprint density at radius 2 is 1.56 bits per heavy atom. The second-order valence-corrected chi connectivity index (χ2v) is 7.75. The molecule has 10 nitrogen and oxygen atoms in total. The van der Waals surface area contributed by atoms with Gasteiger partial charge in [-0.15, -0.1) is 0 Å². The zero-order valence-corrected chi connectivity index (χ0v) is 18.9. The lowest BCUT2D eigenvalue weighted by Gasteiger charge is -2.07. The molecule has 1 aromatic heterocycles. The molecule has 2 aromatic carbocycles. The Morgan fingerprint density at radius 1 is 0.941 bits per heavy atom. The predicted molar refractivity (Wildman–Crippen MR) is 132 cm³/mol. The van der Waals surface area contributed by atoms with Gasteiger partial charge >= 0.3 is 5.97 Å². The minimum atomic E-state index is -0.943. The molecule has 0 aliphatic rings. The maximum absolute atomic E-state index is 12.2. The van der Waals surface area contributed by atoms with E-state index in [1.807, 2.05) is 24.3 Å². The zero-order valence-electron chi connectivity index (χ0n) is 18.2. The second-order valence-electron chi connectivity index (χ2n) is 7.39. The van der Waals surface area contributed by atoms with E-state index in [9.17, 15) is 9.59 Å². The highest BCUT2D eigenvalue weighted by atomic mass is 35.5. The summed E-state index contributed by atoms with van der Waals surface area (Å²) in [5.41, 5.74) is 20.1. The first-order valence-electron chi connectivity index (χ1n) is 10.4. The van der Waals surface area contributed by atoms with Gasteiger partial charge in [0.2, 0.25) is 0 Å². The van der Waals surface area contributed by atoms with E-state index in [2.05, 4.69) is 20.3 Å². The molecule has 3 rings (SSSR count). The highest BCUT2D eigenvalue weighted by molar-refractivity contribution is 6.31. The number of unbranched alkanes of at least 4 members (excludes halogenated alkanes) is 1. The number of aliphatic imine (C=N–C) groups is 1. The van der Waals surface area contributed by atoms with Gasteiger partial charge in [-0.1, -0.05) is 48.0 Å². The monoisotopic (exact) mass is 481 g/mol. The fourth-order valence-electron chi connectivity index (χ4n) is 3.13. The number of guanidine groups is 1. The van der Waals surface area contributed by atoms with Crippen LogP contribution in [0.1, 0.15) is 39.3 Å². The summed E-state index contributed by atoms with van der Waals surface area (Å²) in [4.78, 5) is 34.9. The molecule has 0 saturated heterocycles. The van der Waals surface area contributed by atoms with E-state index in [4.69, 9.17) is 33.9 Å². The predicted octanol–water partition coefficient (Wildman–Crippen LogP) is 2.73. The summed E-state index contributed by atoms with van der Waals surface area (Å²) in [6, 6.07) is 14.9. The minimum absolute atomic E-state index is 0.0579. The molecule has 0 saturated carbocycles. The summed E-state index contributed by atoms with van der Waals surface area (Å²) in [6.07, 6.45) is 2.50. The summed E-state index contributed by atoms with van der Waals surface area (Å²) >= 11 is 5.78. The van der Waals surface area contributed by atoms with Crippen molar-refractivity contribution in [2.24, 2.45) is 10.7 Å². The number of nitrogens with one attached hydrogen (secondary N) is 1. The Kier molecular flexibility index (Phi) is 7.99. The first kappa shape index (κ1) is 24.5. The third-order valence-electron chi connectivity index (χ3n) is 4.94. The smallest absolute Gasteiger partial charge is 0.335 e. The molecule has 1 heterocycles. The number of hydrogen-bond donors (Lipinski definition) is 5. The summed E-state index contributed by atoms with van der Waals surface area (Å²) < 4.78 is 0. The quantitative estimate of drug-likeness (QED) is 0.185. The lowest BCUT2D eigenvalue weighted by Crippen LogP contribution is -2.38. The normalized spacial score (nSPS) is 11.3. The molecule has 0 unspecified atom stereocenters. The number of aromatic nitrogens is 2. The number of hydrogen-bond acceptors (Lipinski definition) is 7. The Labute approximate surface area is 200 Å². The van der Waals surface area contributed by atoms with Crippen LogP contribution < -0.4 is 22.5 Å². The van der Waals surface area contributed by atoms with Crippen LogP contribution in [0.3, 0.4) is 0 Å². The van der Waals surface area contributed by atoms with Crippen molar-refractivity contribution in [3.05, 3.63) is 70.5 Å². The van der Waals surface area contributed by atoms with Crippen molar-refractivity contribution in [2.45, 2.75) is 19.3 Å². The van der Waals surface area contributed by atoms with Gasteiger partial charge in [0.25, 0.3) is 5.91 Å². The molecule has 8 N–H and O–H groups in total. The molecule has 0 spiro atoms. The Hall–Kier alpha value is -4.18. The average molecular weight is 482 g/mol. The van der Waals surface area contributed by atoms with Crippen LogP contribution >= 0.6 is 11.6 Å². The highest BCUT2D eigenvalue weighted by Gasteiger charge is 2.16. The number of aryl methyl sites for hydroxylation is 1. The van der Waals surface area contributed by atoms with E-state index >= 15 is 0 Å². The van der Waals surface area contributed by atoms with Crippen molar-refractivity contribution in [1.29, 1.82) is 0 Å². The van der Waals surface area contributed by atoms with Crippen LogP contribution in [0.2, 0.25) is 5.15 Å². The second kappa shape index (κ2) is 11.1. The molecule has 11 heteroatoms.